The summed E-state index contributed by atoms with van der Waals surface area (Å²) in [5, 5.41) is 15.7. The molecule has 0 radical (unpaired) electrons. The maximum Gasteiger partial charge on any atom is 0.268 e. The zero-order chi connectivity index (χ0) is 21.5. The van der Waals surface area contributed by atoms with E-state index >= 15 is 0 Å². The molecule has 0 saturated carbocycles. The van der Waals surface area contributed by atoms with Crippen molar-refractivity contribution in [3.63, 3.8) is 0 Å². The number of benzene rings is 2. The average Bonchev–Trinajstić information content (AvgIpc) is 3.55. The Bertz CT molecular complexity index is 1440. The summed E-state index contributed by atoms with van der Waals surface area (Å²) in [6, 6.07) is 21.9. The van der Waals surface area contributed by atoms with Gasteiger partial charge in [0, 0.05) is 22.0 Å². The van der Waals surface area contributed by atoms with Gasteiger partial charge in [-0.05, 0) is 23.6 Å². The maximum atomic E-state index is 12.8. The predicted molar refractivity (Wildman–Crippen MR) is 124 cm³/mol. The first-order valence-electron chi connectivity index (χ1n) is 10.2. The number of carbonyl (C=O) groups excluding carboxylic acids is 1. The Morgan fingerprint density at radius 3 is 2.78 bits per heavy atom. The van der Waals surface area contributed by atoms with E-state index in [9.17, 15) is 4.79 Å². The number of thiophene rings is 1. The zero-order valence-corrected chi connectivity index (χ0v) is 17.8. The van der Waals surface area contributed by atoms with Crippen LogP contribution in [0.2, 0.25) is 0 Å². The monoisotopic (exact) mass is 438 g/mol. The highest BCUT2D eigenvalue weighted by atomic mass is 32.1. The lowest BCUT2D eigenvalue weighted by atomic mass is 10.0. The molecule has 0 bridgehead atoms. The third kappa shape index (κ3) is 3.12. The van der Waals surface area contributed by atoms with Crippen LogP contribution in [-0.4, -0.2) is 31.4 Å². The van der Waals surface area contributed by atoms with Gasteiger partial charge in [-0.3, -0.25) is 14.4 Å². The predicted octanol–water partition coefficient (Wildman–Crippen LogP) is 4.09. The lowest BCUT2D eigenvalue weighted by molar-refractivity contribution is 0.0945. The van der Waals surface area contributed by atoms with E-state index < -0.39 is 0 Å². The zero-order valence-electron chi connectivity index (χ0n) is 16.9. The van der Waals surface area contributed by atoms with Crippen molar-refractivity contribution in [2.45, 2.75) is 13.1 Å². The molecule has 32 heavy (non-hydrogen) atoms. The number of nitrogens with one attached hydrogen (secondary N) is 2. The van der Waals surface area contributed by atoms with E-state index in [0.717, 1.165) is 38.6 Å². The summed E-state index contributed by atoms with van der Waals surface area (Å²) in [7, 11) is 0. The first-order chi connectivity index (χ1) is 15.8. The summed E-state index contributed by atoms with van der Waals surface area (Å²) in [6.07, 6.45) is 0. The molecule has 1 amide bonds. The molecular formula is C24H18N6OS. The largest absolute Gasteiger partial charge is 0.351 e. The van der Waals surface area contributed by atoms with E-state index in [1.807, 2.05) is 58.5 Å². The van der Waals surface area contributed by atoms with E-state index in [0.29, 0.717) is 18.1 Å². The fraction of sp³-hybridized carbons (Fsp3) is 0.0833. The molecule has 8 heteroatoms. The molecule has 1 aliphatic rings. The highest BCUT2D eigenvalue weighted by Crippen LogP contribution is 2.30. The number of aliphatic imine (C=N–C) groups is 1. The number of amides is 1. The molecule has 4 heterocycles. The van der Waals surface area contributed by atoms with Crippen LogP contribution in [0.5, 0.6) is 0 Å². The van der Waals surface area contributed by atoms with Gasteiger partial charge in [0.2, 0.25) is 0 Å². The van der Waals surface area contributed by atoms with Crippen molar-refractivity contribution in [2.75, 3.05) is 0 Å². The fourth-order valence-corrected chi connectivity index (χ4v) is 4.93. The van der Waals surface area contributed by atoms with Gasteiger partial charge < -0.3 is 10.3 Å². The molecule has 5 aromatic rings. The lowest BCUT2D eigenvalue weighted by Crippen LogP contribution is -2.25. The molecule has 3 aromatic heterocycles. The number of rotatable bonds is 4. The standard InChI is InChI=1S/C24H18N6OS/c31-23(19-12-16-8-4-5-9-18(16)27-19)26-14-21-29-28-20-13-25-22(15-6-2-1-3-7-15)17-10-11-32-24(17)30(20)21/h1-12,27H,13-14H2,(H,26,31). The summed E-state index contributed by atoms with van der Waals surface area (Å²) in [5.74, 6) is 1.26. The summed E-state index contributed by atoms with van der Waals surface area (Å²) < 4.78 is 2.02. The van der Waals surface area contributed by atoms with Crippen LogP contribution < -0.4 is 5.32 Å². The second kappa shape index (κ2) is 7.58. The third-order valence-corrected chi connectivity index (χ3v) is 6.41. The normalized spacial score (nSPS) is 12.7. The molecule has 6 rings (SSSR count). The second-order valence-electron chi connectivity index (χ2n) is 7.49. The minimum absolute atomic E-state index is 0.181. The number of fused-ring (bicyclic) bond motifs is 4. The molecule has 2 aromatic carbocycles. The quantitative estimate of drug-likeness (QED) is 0.443. The smallest absolute Gasteiger partial charge is 0.268 e. The van der Waals surface area contributed by atoms with Gasteiger partial charge in [-0.25, -0.2) is 0 Å². The molecule has 0 atom stereocenters. The molecule has 0 spiro atoms. The van der Waals surface area contributed by atoms with Crippen LogP contribution in [0, 0.1) is 0 Å². The van der Waals surface area contributed by atoms with Crippen LogP contribution in [0.1, 0.15) is 33.3 Å². The maximum absolute atomic E-state index is 12.8. The fourth-order valence-electron chi connectivity index (χ4n) is 3.99. The van der Waals surface area contributed by atoms with Crippen molar-refractivity contribution in [2.24, 2.45) is 4.99 Å². The Labute approximate surface area is 187 Å². The molecular weight excluding hydrogens is 420 g/mol. The van der Waals surface area contributed by atoms with Gasteiger partial charge in [-0.1, -0.05) is 48.5 Å². The second-order valence-corrected chi connectivity index (χ2v) is 8.39. The molecule has 156 valence electrons. The highest BCUT2D eigenvalue weighted by molar-refractivity contribution is 7.13. The number of hydrogen-bond acceptors (Lipinski definition) is 5. The molecule has 0 unspecified atom stereocenters. The van der Waals surface area contributed by atoms with Crippen molar-refractivity contribution in [1.29, 1.82) is 0 Å². The van der Waals surface area contributed by atoms with Gasteiger partial charge in [0.15, 0.2) is 11.6 Å². The van der Waals surface area contributed by atoms with E-state index in [-0.39, 0.29) is 12.5 Å². The summed E-state index contributed by atoms with van der Waals surface area (Å²) in [5.41, 5.74) is 4.51. The Kier molecular flexibility index (Phi) is 4.43. The Morgan fingerprint density at radius 1 is 1.06 bits per heavy atom. The van der Waals surface area contributed by atoms with E-state index in [2.05, 4.69) is 38.7 Å². The molecule has 1 aliphatic heterocycles. The number of para-hydroxylation sites is 1. The number of carbonyl (C=O) groups is 1. The van der Waals surface area contributed by atoms with Gasteiger partial charge in [0.1, 0.15) is 17.2 Å². The first kappa shape index (κ1) is 18.7. The van der Waals surface area contributed by atoms with Crippen molar-refractivity contribution < 1.29 is 4.79 Å². The minimum Gasteiger partial charge on any atom is -0.351 e. The highest BCUT2D eigenvalue weighted by Gasteiger charge is 2.24. The molecule has 0 aliphatic carbocycles. The Hall–Kier alpha value is -4.04. The van der Waals surface area contributed by atoms with Gasteiger partial charge in [0.05, 0.1) is 12.3 Å². The van der Waals surface area contributed by atoms with Crippen LogP contribution in [0.3, 0.4) is 0 Å². The SMILES string of the molecule is O=C(NCc1nnc2n1-c1sccc1C(c1ccccc1)=NC2)c1cc2ccccc2[nH]1. The summed E-state index contributed by atoms with van der Waals surface area (Å²) in [6.45, 7) is 0.688. The Balaban J connectivity index is 1.30. The first-order valence-corrected chi connectivity index (χ1v) is 11.1. The lowest BCUT2D eigenvalue weighted by Gasteiger charge is -2.09. The number of aromatic amines is 1. The van der Waals surface area contributed by atoms with Crippen molar-refractivity contribution >= 4 is 33.9 Å². The van der Waals surface area contributed by atoms with Crippen molar-refractivity contribution in [3.8, 4) is 5.00 Å². The number of nitrogens with zero attached hydrogens (tertiary/aromatic N) is 4. The van der Waals surface area contributed by atoms with Crippen LogP contribution in [0.15, 0.2) is 77.1 Å². The van der Waals surface area contributed by atoms with Gasteiger partial charge in [-0.15, -0.1) is 21.5 Å². The number of aromatic nitrogens is 4. The molecule has 7 nitrogen and oxygen atoms in total. The van der Waals surface area contributed by atoms with E-state index in [4.69, 9.17) is 4.99 Å². The van der Waals surface area contributed by atoms with E-state index in [1.165, 1.54) is 0 Å². The molecule has 0 saturated heterocycles. The van der Waals surface area contributed by atoms with Gasteiger partial charge >= 0.3 is 0 Å². The minimum atomic E-state index is -0.181. The van der Waals surface area contributed by atoms with Gasteiger partial charge in [-0.2, -0.15) is 0 Å². The van der Waals surface area contributed by atoms with Crippen LogP contribution in [0.25, 0.3) is 15.9 Å². The number of hydrogen-bond donors (Lipinski definition) is 2. The van der Waals surface area contributed by atoms with Crippen LogP contribution in [0.4, 0.5) is 0 Å². The molecule has 0 fully saturated rings. The topological polar surface area (TPSA) is 88.0 Å². The Morgan fingerprint density at radius 2 is 1.91 bits per heavy atom. The van der Waals surface area contributed by atoms with Crippen molar-refractivity contribution in [3.05, 3.63) is 101 Å². The van der Waals surface area contributed by atoms with E-state index in [1.54, 1.807) is 11.3 Å². The average molecular weight is 439 g/mol. The van der Waals surface area contributed by atoms with Gasteiger partial charge in [0.25, 0.3) is 5.91 Å². The van der Waals surface area contributed by atoms with Crippen molar-refractivity contribution in [1.82, 2.24) is 25.1 Å². The number of H-pyrrole nitrogens is 1. The summed E-state index contributed by atoms with van der Waals surface area (Å²) >= 11 is 1.62. The third-order valence-electron chi connectivity index (χ3n) is 5.51. The van der Waals surface area contributed by atoms with Crippen LogP contribution in [-0.2, 0) is 13.1 Å². The molecule has 2 N–H and O–H groups in total. The summed E-state index contributed by atoms with van der Waals surface area (Å²) in [4.78, 5) is 20.8. The van der Waals surface area contributed by atoms with Crippen LogP contribution >= 0.6 is 11.3 Å².